The van der Waals surface area contributed by atoms with Gasteiger partial charge < -0.3 is 20.1 Å². The minimum atomic E-state index is -1.43. The van der Waals surface area contributed by atoms with Crippen molar-refractivity contribution in [3.05, 3.63) is 12.2 Å². The average Bonchev–Trinajstić information content (AvgIpc) is 2.64. The zero-order valence-corrected chi connectivity index (χ0v) is 17.7. The minimum absolute atomic E-state index is 0.163. The van der Waals surface area contributed by atoms with Gasteiger partial charge in [-0.05, 0) is 59.3 Å². The highest BCUT2D eigenvalue weighted by atomic mass is 16.4. The van der Waals surface area contributed by atoms with Crippen molar-refractivity contribution < 1.29 is 34.2 Å². The molecular formula is C21H37NO6. The Bertz CT molecular complexity index is 481. The summed E-state index contributed by atoms with van der Waals surface area (Å²) < 4.78 is -0.556. The summed E-state index contributed by atoms with van der Waals surface area (Å²) in [6.45, 7) is 6.42. The van der Waals surface area contributed by atoms with E-state index in [9.17, 15) is 29.7 Å². The highest BCUT2D eigenvalue weighted by Gasteiger charge is 2.50. The Labute approximate surface area is 168 Å². The minimum Gasteiger partial charge on any atom is -0.544 e. The van der Waals surface area contributed by atoms with Crippen molar-refractivity contribution in [2.45, 2.75) is 97.2 Å². The van der Waals surface area contributed by atoms with Crippen LogP contribution in [0.2, 0.25) is 0 Å². The molecule has 0 aromatic carbocycles. The second-order valence-corrected chi connectivity index (χ2v) is 7.56. The van der Waals surface area contributed by atoms with Gasteiger partial charge in [0, 0.05) is 0 Å². The summed E-state index contributed by atoms with van der Waals surface area (Å²) in [5.74, 6) is -3.86. The Kier molecular flexibility index (Phi) is 12.4. The van der Waals surface area contributed by atoms with Crippen molar-refractivity contribution in [3.8, 4) is 0 Å². The molecular weight excluding hydrogens is 362 g/mol. The van der Waals surface area contributed by atoms with Crippen LogP contribution in [0.25, 0.3) is 0 Å². The number of carboxylic acid groups (broad SMARTS) is 3. The van der Waals surface area contributed by atoms with Crippen molar-refractivity contribution >= 4 is 17.9 Å². The van der Waals surface area contributed by atoms with Crippen LogP contribution >= 0.6 is 0 Å². The summed E-state index contributed by atoms with van der Waals surface area (Å²) in [5.41, 5.74) is 0. The Balaban J connectivity index is 5.02. The zero-order chi connectivity index (χ0) is 21.7. The summed E-state index contributed by atoms with van der Waals surface area (Å²) in [4.78, 5) is 34.9. The molecule has 7 nitrogen and oxygen atoms in total. The summed E-state index contributed by atoms with van der Waals surface area (Å²) in [6, 6.07) is -3.58. The number of carbonyl (C=O) groups excluding carboxylic acids is 1. The first-order chi connectivity index (χ1) is 13.1. The SMILES string of the molecule is CCCCC/C=C/CCCCC[N+](C(C)C(=O)[O-])(C(C)C(=O)O)C(C)C(=O)O. The molecule has 0 radical (unpaired) electrons. The van der Waals surface area contributed by atoms with Crippen LogP contribution in [-0.2, 0) is 14.4 Å². The topological polar surface area (TPSA) is 115 Å². The second kappa shape index (κ2) is 13.3. The monoisotopic (exact) mass is 399 g/mol. The van der Waals surface area contributed by atoms with Gasteiger partial charge in [0.2, 0.25) is 0 Å². The molecule has 0 saturated heterocycles. The van der Waals surface area contributed by atoms with Crippen LogP contribution in [0.3, 0.4) is 0 Å². The first-order valence-electron chi connectivity index (χ1n) is 10.3. The Morgan fingerprint density at radius 3 is 1.68 bits per heavy atom. The molecule has 0 rings (SSSR count). The van der Waals surface area contributed by atoms with Crippen LogP contribution in [0.4, 0.5) is 0 Å². The summed E-state index contributed by atoms with van der Waals surface area (Å²) in [6.07, 6.45) is 12.1. The molecule has 0 amide bonds. The van der Waals surface area contributed by atoms with Crippen molar-refractivity contribution in [1.82, 2.24) is 0 Å². The van der Waals surface area contributed by atoms with Crippen molar-refractivity contribution in [3.63, 3.8) is 0 Å². The van der Waals surface area contributed by atoms with Crippen LogP contribution in [-0.4, -0.2) is 57.3 Å². The van der Waals surface area contributed by atoms with Gasteiger partial charge in [-0.3, -0.25) is 4.48 Å². The van der Waals surface area contributed by atoms with Gasteiger partial charge in [-0.1, -0.05) is 31.9 Å². The van der Waals surface area contributed by atoms with Gasteiger partial charge in [0.05, 0.1) is 12.5 Å². The largest absolute Gasteiger partial charge is 0.544 e. The smallest absolute Gasteiger partial charge is 0.362 e. The molecule has 162 valence electrons. The molecule has 0 aliphatic carbocycles. The fourth-order valence-corrected chi connectivity index (χ4v) is 3.77. The fourth-order valence-electron chi connectivity index (χ4n) is 3.77. The van der Waals surface area contributed by atoms with Crippen molar-refractivity contribution in [1.29, 1.82) is 0 Å². The predicted molar refractivity (Wildman–Crippen MR) is 106 cm³/mol. The van der Waals surface area contributed by atoms with E-state index in [1.807, 2.05) is 0 Å². The predicted octanol–water partition coefficient (Wildman–Crippen LogP) is 2.58. The quantitative estimate of drug-likeness (QED) is 0.234. The molecule has 7 heteroatoms. The molecule has 0 bridgehead atoms. The lowest BCUT2D eigenvalue weighted by Gasteiger charge is -2.49. The number of carbonyl (C=O) groups is 3. The summed E-state index contributed by atoms with van der Waals surface area (Å²) in [5, 5.41) is 30.6. The number of nitrogens with zero attached hydrogens (tertiary/aromatic N) is 1. The molecule has 0 aromatic heterocycles. The van der Waals surface area contributed by atoms with Crippen LogP contribution < -0.4 is 5.11 Å². The molecule has 0 saturated carbocycles. The standard InChI is InChI=1S/C21H37NO6/c1-5-6-7-8-9-10-11-12-13-14-15-22(16(2)19(23)24,17(3)20(25)26)18(4)21(27)28/h9-10,16-18H,5-8,11-15H2,1-4H3,(H2-,23,24,25,26,27,28)/b10-9+. The molecule has 3 atom stereocenters. The maximum atomic E-state index is 11.7. The van der Waals surface area contributed by atoms with E-state index in [1.54, 1.807) is 0 Å². The van der Waals surface area contributed by atoms with Crippen LogP contribution in [0.15, 0.2) is 12.2 Å². The summed E-state index contributed by atoms with van der Waals surface area (Å²) >= 11 is 0. The third kappa shape index (κ3) is 7.62. The Morgan fingerprint density at radius 2 is 1.29 bits per heavy atom. The van der Waals surface area contributed by atoms with Gasteiger partial charge >= 0.3 is 11.9 Å². The number of allylic oxidation sites excluding steroid dienone is 2. The maximum Gasteiger partial charge on any atom is 0.362 e. The van der Waals surface area contributed by atoms with Gasteiger partial charge in [0.15, 0.2) is 12.1 Å². The molecule has 0 spiro atoms. The van der Waals surface area contributed by atoms with E-state index in [0.29, 0.717) is 6.42 Å². The number of rotatable bonds is 16. The highest BCUT2D eigenvalue weighted by Crippen LogP contribution is 2.27. The zero-order valence-electron chi connectivity index (χ0n) is 17.7. The number of hydrogen-bond donors (Lipinski definition) is 2. The molecule has 3 unspecified atom stereocenters. The van der Waals surface area contributed by atoms with Gasteiger partial charge in [-0.15, -0.1) is 0 Å². The first kappa shape index (κ1) is 26.1. The average molecular weight is 400 g/mol. The Hall–Kier alpha value is -1.89. The van der Waals surface area contributed by atoms with E-state index in [1.165, 1.54) is 40.0 Å². The molecule has 0 fully saturated rings. The highest BCUT2D eigenvalue weighted by molar-refractivity contribution is 5.76. The van der Waals surface area contributed by atoms with Crippen LogP contribution in [0.5, 0.6) is 0 Å². The first-order valence-corrected chi connectivity index (χ1v) is 10.3. The third-order valence-corrected chi connectivity index (χ3v) is 5.78. The molecule has 0 heterocycles. The molecule has 0 aliphatic heterocycles. The van der Waals surface area contributed by atoms with Crippen LogP contribution in [0.1, 0.15) is 79.1 Å². The van der Waals surface area contributed by atoms with E-state index < -0.39 is 40.5 Å². The lowest BCUT2D eigenvalue weighted by molar-refractivity contribution is -0.969. The number of unbranched alkanes of at least 4 members (excludes halogenated alkanes) is 6. The van der Waals surface area contributed by atoms with E-state index in [2.05, 4.69) is 19.1 Å². The molecule has 0 aliphatic rings. The summed E-state index contributed by atoms with van der Waals surface area (Å²) in [7, 11) is 0. The molecule has 2 N–H and O–H groups in total. The Morgan fingerprint density at radius 1 is 0.821 bits per heavy atom. The van der Waals surface area contributed by atoms with E-state index in [4.69, 9.17) is 0 Å². The normalized spacial score (nSPS) is 17.0. The number of hydrogen-bond acceptors (Lipinski definition) is 4. The lowest BCUT2D eigenvalue weighted by Crippen LogP contribution is -2.72. The number of quaternary nitrogens is 1. The van der Waals surface area contributed by atoms with Gasteiger partial charge in [0.1, 0.15) is 6.04 Å². The van der Waals surface area contributed by atoms with Crippen molar-refractivity contribution in [2.24, 2.45) is 0 Å². The molecule has 28 heavy (non-hydrogen) atoms. The lowest BCUT2D eigenvalue weighted by atomic mass is 10.00. The van der Waals surface area contributed by atoms with E-state index >= 15 is 0 Å². The fraction of sp³-hybridized carbons (Fsp3) is 0.762. The number of aliphatic carboxylic acids is 3. The van der Waals surface area contributed by atoms with Crippen LogP contribution in [0, 0.1) is 0 Å². The van der Waals surface area contributed by atoms with Gasteiger partial charge in [0.25, 0.3) is 0 Å². The van der Waals surface area contributed by atoms with Gasteiger partial charge in [-0.25, -0.2) is 9.59 Å². The van der Waals surface area contributed by atoms with Crippen molar-refractivity contribution in [2.75, 3.05) is 6.54 Å². The van der Waals surface area contributed by atoms with Gasteiger partial charge in [-0.2, -0.15) is 0 Å². The van der Waals surface area contributed by atoms with E-state index in [0.717, 1.165) is 25.7 Å². The maximum absolute atomic E-state index is 11.7. The molecule has 0 aromatic rings. The van der Waals surface area contributed by atoms with E-state index in [-0.39, 0.29) is 6.54 Å². The third-order valence-electron chi connectivity index (χ3n) is 5.78. The second-order valence-electron chi connectivity index (χ2n) is 7.56. The number of carboxylic acids is 3.